The standard InChI is InChI=1S/C8H18N2O4S/c1-3-14-8(11)4-7-15(12,13)10-6-5-9-2/h9-10H,3-7H2,1-2H3. The van der Waals surface area contributed by atoms with Gasteiger partial charge in [0, 0.05) is 13.1 Å². The van der Waals surface area contributed by atoms with Gasteiger partial charge in [-0.05, 0) is 14.0 Å². The van der Waals surface area contributed by atoms with Gasteiger partial charge in [0.2, 0.25) is 10.0 Å². The van der Waals surface area contributed by atoms with Gasteiger partial charge in [-0.1, -0.05) is 0 Å². The molecule has 0 aliphatic rings. The molecule has 0 unspecified atom stereocenters. The molecule has 0 bridgehead atoms. The number of carbonyl (C=O) groups is 1. The zero-order chi connectivity index (χ0) is 11.7. The second-order valence-electron chi connectivity index (χ2n) is 2.87. The number of rotatable bonds is 8. The molecule has 90 valence electrons. The summed E-state index contributed by atoms with van der Waals surface area (Å²) >= 11 is 0. The molecular weight excluding hydrogens is 220 g/mol. The Morgan fingerprint density at radius 2 is 2.00 bits per heavy atom. The number of hydrogen-bond donors (Lipinski definition) is 2. The average Bonchev–Trinajstić information content (AvgIpc) is 2.16. The quantitative estimate of drug-likeness (QED) is 0.422. The van der Waals surface area contributed by atoms with Crippen LogP contribution in [-0.4, -0.2) is 46.9 Å². The van der Waals surface area contributed by atoms with Crippen LogP contribution in [0.25, 0.3) is 0 Å². The summed E-state index contributed by atoms with van der Waals surface area (Å²) in [6.45, 7) is 2.82. The molecule has 0 rings (SSSR count). The van der Waals surface area contributed by atoms with Crippen molar-refractivity contribution in [2.24, 2.45) is 0 Å². The fourth-order valence-electron chi connectivity index (χ4n) is 0.855. The van der Waals surface area contributed by atoms with Crippen molar-refractivity contribution in [2.75, 3.05) is 32.5 Å². The van der Waals surface area contributed by atoms with Crippen molar-refractivity contribution < 1.29 is 17.9 Å². The molecule has 7 heteroatoms. The first kappa shape index (κ1) is 14.3. The first-order valence-corrected chi connectivity index (χ1v) is 6.44. The van der Waals surface area contributed by atoms with Crippen LogP contribution in [0.2, 0.25) is 0 Å². The molecule has 0 aromatic carbocycles. The number of likely N-dealkylation sites (N-methyl/N-ethyl adjacent to an activating group) is 1. The summed E-state index contributed by atoms with van der Waals surface area (Å²) in [7, 11) is -1.63. The molecule has 0 fully saturated rings. The molecule has 2 N–H and O–H groups in total. The van der Waals surface area contributed by atoms with E-state index in [1.165, 1.54) is 0 Å². The molecule has 0 amide bonds. The predicted octanol–water partition coefficient (Wildman–Crippen LogP) is -0.922. The van der Waals surface area contributed by atoms with E-state index in [9.17, 15) is 13.2 Å². The zero-order valence-corrected chi connectivity index (χ0v) is 9.89. The van der Waals surface area contributed by atoms with E-state index in [0.29, 0.717) is 13.1 Å². The Labute approximate surface area is 90.4 Å². The van der Waals surface area contributed by atoms with Gasteiger partial charge in [-0.2, -0.15) is 0 Å². The molecular formula is C8H18N2O4S. The maximum absolute atomic E-state index is 11.3. The highest BCUT2D eigenvalue weighted by Gasteiger charge is 2.12. The van der Waals surface area contributed by atoms with E-state index in [0.717, 1.165) is 0 Å². The normalized spacial score (nSPS) is 11.3. The molecule has 6 nitrogen and oxygen atoms in total. The fraction of sp³-hybridized carbons (Fsp3) is 0.875. The van der Waals surface area contributed by atoms with E-state index in [4.69, 9.17) is 0 Å². The molecule has 0 aliphatic carbocycles. The Hall–Kier alpha value is -0.660. The summed E-state index contributed by atoms with van der Waals surface area (Å²) in [5.74, 6) is -0.716. The third-order valence-corrected chi connectivity index (χ3v) is 2.96. The largest absolute Gasteiger partial charge is 0.466 e. The Balaban J connectivity index is 3.78. The van der Waals surface area contributed by atoms with Crippen LogP contribution in [0, 0.1) is 0 Å². The molecule has 0 atom stereocenters. The molecule has 0 aliphatic heterocycles. The first-order chi connectivity index (χ1) is 7.02. The number of esters is 1. The molecule has 0 heterocycles. The Morgan fingerprint density at radius 1 is 1.33 bits per heavy atom. The SMILES string of the molecule is CCOC(=O)CCS(=O)(=O)NCCNC. The van der Waals surface area contributed by atoms with Gasteiger partial charge in [0.25, 0.3) is 0 Å². The number of nitrogens with one attached hydrogen (secondary N) is 2. The third-order valence-electron chi connectivity index (χ3n) is 1.58. The highest BCUT2D eigenvalue weighted by molar-refractivity contribution is 7.89. The van der Waals surface area contributed by atoms with E-state index in [1.54, 1.807) is 14.0 Å². The molecule has 0 saturated carbocycles. The Kier molecular flexibility index (Phi) is 7.27. The fourth-order valence-corrected chi connectivity index (χ4v) is 1.85. The second kappa shape index (κ2) is 7.61. The van der Waals surface area contributed by atoms with Crippen molar-refractivity contribution in [2.45, 2.75) is 13.3 Å². The average molecular weight is 238 g/mol. The van der Waals surface area contributed by atoms with Crippen LogP contribution >= 0.6 is 0 Å². The number of carbonyl (C=O) groups excluding carboxylic acids is 1. The summed E-state index contributed by atoms with van der Waals surface area (Å²) in [5, 5.41) is 2.81. The van der Waals surface area contributed by atoms with Crippen molar-refractivity contribution >= 4 is 16.0 Å². The van der Waals surface area contributed by atoms with Gasteiger partial charge in [-0.3, -0.25) is 4.79 Å². The van der Waals surface area contributed by atoms with Gasteiger partial charge in [0.05, 0.1) is 18.8 Å². The minimum Gasteiger partial charge on any atom is -0.466 e. The van der Waals surface area contributed by atoms with E-state index in [2.05, 4.69) is 14.8 Å². The highest BCUT2D eigenvalue weighted by atomic mass is 32.2. The molecule has 0 saturated heterocycles. The van der Waals surface area contributed by atoms with Gasteiger partial charge in [-0.25, -0.2) is 13.1 Å². The van der Waals surface area contributed by atoms with Gasteiger partial charge in [0.15, 0.2) is 0 Å². The molecule has 0 radical (unpaired) electrons. The summed E-state index contributed by atoms with van der Waals surface area (Å²) < 4.78 is 29.5. The van der Waals surface area contributed by atoms with Crippen molar-refractivity contribution in [3.8, 4) is 0 Å². The zero-order valence-electron chi connectivity index (χ0n) is 9.08. The number of ether oxygens (including phenoxy) is 1. The van der Waals surface area contributed by atoms with Crippen molar-refractivity contribution in [3.05, 3.63) is 0 Å². The summed E-state index contributed by atoms with van der Waals surface area (Å²) in [4.78, 5) is 10.9. The van der Waals surface area contributed by atoms with Crippen LogP contribution in [0.1, 0.15) is 13.3 Å². The van der Waals surface area contributed by atoms with Gasteiger partial charge < -0.3 is 10.1 Å². The lowest BCUT2D eigenvalue weighted by atomic mass is 10.5. The minimum atomic E-state index is -3.36. The van der Waals surface area contributed by atoms with Crippen LogP contribution in [0.15, 0.2) is 0 Å². The van der Waals surface area contributed by atoms with Crippen LogP contribution in [0.4, 0.5) is 0 Å². The molecule has 15 heavy (non-hydrogen) atoms. The monoisotopic (exact) mass is 238 g/mol. The lowest BCUT2D eigenvalue weighted by Crippen LogP contribution is -2.32. The molecule has 0 aromatic rings. The first-order valence-electron chi connectivity index (χ1n) is 4.79. The van der Waals surface area contributed by atoms with E-state index in [-0.39, 0.29) is 18.8 Å². The third kappa shape index (κ3) is 8.34. The minimum absolute atomic E-state index is 0.108. The van der Waals surface area contributed by atoms with Crippen molar-refractivity contribution in [1.29, 1.82) is 0 Å². The second-order valence-corrected chi connectivity index (χ2v) is 4.80. The molecule has 0 spiro atoms. The van der Waals surface area contributed by atoms with Crippen molar-refractivity contribution in [3.63, 3.8) is 0 Å². The molecule has 0 aromatic heterocycles. The Bertz CT molecular complexity index is 276. The maximum atomic E-state index is 11.3. The summed E-state index contributed by atoms with van der Waals surface area (Å²) in [5.41, 5.74) is 0. The maximum Gasteiger partial charge on any atom is 0.306 e. The van der Waals surface area contributed by atoms with Crippen LogP contribution in [0.5, 0.6) is 0 Å². The number of sulfonamides is 1. The topological polar surface area (TPSA) is 84.5 Å². The lowest BCUT2D eigenvalue weighted by Gasteiger charge is -2.05. The number of hydrogen-bond acceptors (Lipinski definition) is 5. The van der Waals surface area contributed by atoms with E-state index < -0.39 is 16.0 Å². The Morgan fingerprint density at radius 3 is 2.53 bits per heavy atom. The van der Waals surface area contributed by atoms with Gasteiger partial charge in [-0.15, -0.1) is 0 Å². The smallest absolute Gasteiger partial charge is 0.306 e. The van der Waals surface area contributed by atoms with Crippen LogP contribution in [0.3, 0.4) is 0 Å². The van der Waals surface area contributed by atoms with E-state index >= 15 is 0 Å². The summed E-state index contributed by atoms with van der Waals surface area (Å²) in [6.07, 6.45) is -0.108. The van der Waals surface area contributed by atoms with Gasteiger partial charge >= 0.3 is 5.97 Å². The van der Waals surface area contributed by atoms with E-state index in [1.807, 2.05) is 0 Å². The predicted molar refractivity (Wildman–Crippen MR) is 57.0 cm³/mol. The van der Waals surface area contributed by atoms with Gasteiger partial charge in [0.1, 0.15) is 0 Å². The lowest BCUT2D eigenvalue weighted by molar-refractivity contribution is -0.142. The van der Waals surface area contributed by atoms with Crippen LogP contribution < -0.4 is 10.0 Å². The summed E-state index contributed by atoms with van der Waals surface area (Å²) in [6, 6.07) is 0. The highest BCUT2D eigenvalue weighted by Crippen LogP contribution is 1.92. The van der Waals surface area contributed by atoms with Crippen LogP contribution in [-0.2, 0) is 19.6 Å². The van der Waals surface area contributed by atoms with Crippen molar-refractivity contribution in [1.82, 2.24) is 10.0 Å².